The standard InChI is InChI=1S/C6H10O2.C3H8O/c7-6-4-2-1-3-5-8-6;1-2-3-4/h1-5H2;4H,2-3H2,1H3. The van der Waals surface area contributed by atoms with Gasteiger partial charge in [-0.2, -0.15) is 0 Å². The molecule has 0 aromatic carbocycles. The zero-order valence-electron chi connectivity index (χ0n) is 7.71. The van der Waals surface area contributed by atoms with Crippen molar-refractivity contribution in [3.63, 3.8) is 0 Å². The maximum absolute atomic E-state index is 10.5. The summed E-state index contributed by atoms with van der Waals surface area (Å²) < 4.78 is 4.76. The molecule has 0 aromatic rings. The molecule has 72 valence electrons. The number of hydrogen-bond donors (Lipinski definition) is 1. The van der Waals surface area contributed by atoms with Crippen LogP contribution in [0.2, 0.25) is 0 Å². The quantitative estimate of drug-likeness (QED) is 0.613. The van der Waals surface area contributed by atoms with Crippen molar-refractivity contribution in [2.24, 2.45) is 0 Å². The molecule has 1 N–H and O–H groups in total. The molecule has 1 aliphatic heterocycles. The lowest BCUT2D eigenvalue weighted by atomic mass is 10.2. The normalized spacial score (nSPS) is 17.0. The van der Waals surface area contributed by atoms with E-state index in [1.54, 1.807) is 0 Å². The van der Waals surface area contributed by atoms with Crippen LogP contribution >= 0.6 is 0 Å². The molecule has 1 heterocycles. The van der Waals surface area contributed by atoms with Crippen molar-refractivity contribution in [2.75, 3.05) is 13.2 Å². The number of aliphatic hydroxyl groups excluding tert-OH is 1. The molecule has 0 aliphatic carbocycles. The highest BCUT2D eigenvalue weighted by molar-refractivity contribution is 5.69. The van der Waals surface area contributed by atoms with Gasteiger partial charge in [-0.05, 0) is 25.7 Å². The molecule has 12 heavy (non-hydrogen) atoms. The first-order valence-electron chi connectivity index (χ1n) is 4.57. The van der Waals surface area contributed by atoms with Crippen LogP contribution in [0.15, 0.2) is 0 Å². The molecule has 1 fully saturated rings. The molecule has 3 heteroatoms. The molecular weight excluding hydrogens is 156 g/mol. The number of carbonyl (C=O) groups excluding carboxylic acids is 1. The minimum Gasteiger partial charge on any atom is -0.466 e. The topological polar surface area (TPSA) is 46.5 Å². The zero-order chi connectivity index (χ0) is 9.23. The van der Waals surface area contributed by atoms with Crippen LogP contribution in [0.1, 0.15) is 39.0 Å². The van der Waals surface area contributed by atoms with Gasteiger partial charge >= 0.3 is 5.97 Å². The van der Waals surface area contributed by atoms with Gasteiger partial charge in [0.05, 0.1) is 6.61 Å². The van der Waals surface area contributed by atoms with Crippen molar-refractivity contribution in [3.05, 3.63) is 0 Å². The third kappa shape index (κ3) is 7.54. The summed E-state index contributed by atoms with van der Waals surface area (Å²) in [4.78, 5) is 10.5. The lowest BCUT2D eigenvalue weighted by Crippen LogP contribution is -2.00. The minimum atomic E-state index is -0.0255. The Hall–Kier alpha value is -0.570. The first-order chi connectivity index (χ1) is 5.81. The Morgan fingerprint density at radius 3 is 2.67 bits per heavy atom. The Kier molecular flexibility index (Phi) is 8.12. The molecule has 0 aromatic heterocycles. The maximum Gasteiger partial charge on any atom is 0.305 e. The van der Waals surface area contributed by atoms with Crippen LogP contribution in [0, 0.1) is 0 Å². The van der Waals surface area contributed by atoms with E-state index in [-0.39, 0.29) is 5.97 Å². The van der Waals surface area contributed by atoms with Gasteiger partial charge in [-0.25, -0.2) is 0 Å². The average Bonchev–Trinajstić information content (AvgIpc) is 2.33. The van der Waals surface area contributed by atoms with Gasteiger partial charge < -0.3 is 9.84 Å². The van der Waals surface area contributed by atoms with Crippen LogP contribution < -0.4 is 0 Å². The predicted octanol–water partition coefficient (Wildman–Crippen LogP) is 1.49. The summed E-state index contributed by atoms with van der Waals surface area (Å²) in [5.74, 6) is -0.0255. The van der Waals surface area contributed by atoms with Crippen LogP contribution in [0.4, 0.5) is 0 Å². The summed E-state index contributed by atoms with van der Waals surface area (Å²) in [6, 6.07) is 0. The van der Waals surface area contributed by atoms with Gasteiger partial charge in [-0.3, -0.25) is 4.79 Å². The van der Waals surface area contributed by atoms with E-state index in [9.17, 15) is 4.79 Å². The van der Waals surface area contributed by atoms with Crippen molar-refractivity contribution in [2.45, 2.75) is 39.0 Å². The van der Waals surface area contributed by atoms with E-state index in [4.69, 9.17) is 9.84 Å². The van der Waals surface area contributed by atoms with Gasteiger partial charge in [0, 0.05) is 13.0 Å². The molecule has 0 spiro atoms. The highest BCUT2D eigenvalue weighted by atomic mass is 16.5. The lowest BCUT2D eigenvalue weighted by molar-refractivity contribution is -0.142. The predicted molar refractivity (Wildman–Crippen MR) is 46.8 cm³/mol. The van der Waals surface area contributed by atoms with Crippen LogP contribution in [0.25, 0.3) is 0 Å². The number of carbonyl (C=O) groups is 1. The van der Waals surface area contributed by atoms with Crippen LogP contribution in [-0.4, -0.2) is 24.3 Å². The van der Waals surface area contributed by atoms with Crippen molar-refractivity contribution in [1.29, 1.82) is 0 Å². The van der Waals surface area contributed by atoms with Gasteiger partial charge in [-0.15, -0.1) is 0 Å². The fraction of sp³-hybridized carbons (Fsp3) is 0.889. The monoisotopic (exact) mass is 174 g/mol. The van der Waals surface area contributed by atoms with Crippen molar-refractivity contribution < 1.29 is 14.6 Å². The maximum atomic E-state index is 10.5. The number of aliphatic hydroxyl groups is 1. The third-order valence-corrected chi connectivity index (χ3v) is 1.51. The largest absolute Gasteiger partial charge is 0.466 e. The summed E-state index contributed by atoms with van der Waals surface area (Å²) in [5, 5.41) is 7.88. The summed E-state index contributed by atoms with van der Waals surface area (Å²) in [6.45, 7) is 2.89. The number of ether oxygens (including phenoxy) is 1. The molecule has 0 bridgehead atoms. The fourth-order valence-corrected chi connectivity index (χ4v) is 0.806. The Morgan fingerprint density at radius 1 is 1.42 bits per heavy atom. The van der Waals surface area contributed by atoms with Crippen molar-refractivity contribution in [3.8, 4) is 0 Å². The zero-order valence-corrected chi connectivity index (χ0v) is 7.71. The Balaban J connectivity index is 0.000000261. The first kappa shape index (κ1) is 11.4. The highest BCUT2D eigenvalue weighted by Crippen LogP contribution is 2.06. The second-order valence-electron chi connectivity index (χ2n) is 2.75. The van der Waals surface area contributed by atoms with Gasteiger partial charge in [0.25, 0.3) is 0 Å². The fourth-order valence-electron chi connectivity index (χ4n) is 0.806. The average molecular weight is 174 g/mol. The van der Waals surface area contributed by atoms with Crippen LogP contribution in [0.5, 0.6) is 0 Å². The van der Waals surface area contributed by atoms with Crippen LogP contribution in [0.3, 0.4) is 0 Å². The Morgan fingerprint density at radius 2 is 2.08 bits per heavy atom. The molecule has 3 nitrogen and oxygen atoms in total. The number of esters is 1. The number of hydrogen-bond acceptors (Lipinski definition) is 3. The summed E-state index contributed by atoms with van der Waals surface area (Å²) in [7, 11) is 0. The van der Waals surface area contributed by atoms with Crippen molar-refractivity contribution >= 4 is 5.97 Å². The third-order valence-electron chi connectivity index (χ3n) is 1.51. The molecule has 1 saturated heterocycles. The summed E-state index contributed by atoms with van der Waals surface area (Å²) in [6.07, 6.45) is 4.70. The minimum absolute atomic E-state index is 0.0255. The van der Waals surface area contributed by atoms with E-state index in [0.29, 0.717) is 19.6 Å². The lowest BCUT2D eigenvalue weighted by Gasteiger charge is -1.93. The van der Waals surface area contributed by atoms with Crippen molar-refractivity contribution in [1.82, 2.24) is 0 Å². The second-order valence-corrected chi connectivity index (χ2v) is 2.75. The Bertz CT molecular complexity index is 100. The molecule has 0 saturated carbocycles. The van der Waals surface area contributed by atoms with Crippen LogP contribution in [-0.2, 0) is 9.53 Å². The van der Waals surface area contributed by atoms with Gasteiger partial charge in [0.2, 0.25) is 0 Å². The molecule has 1 aliphatic rings. The summed E-state index contributed by atoms with van der Waals surface area (Å²) in [5.41, 5.74) is 0. The highest BCUT2D eigenvalue weighted by Gasteiger charge is 2.05. The van der Waals surface area contributed by atoms with E-state index in [1.807, 2.05) is 6.92 Å². The smallest absolute Gasteiger partial charge is 0.305 e. The summed E-state index contributed by atoms with van der Waals surface area (Å²) >= 11 is 0. The molecule has 0 amide bonds. The SMILES string of the molecule is CCCO.O=C1CCCCCO1. The molecule has 0 atom stereocenters. The molecule has 1 rings (SSSR count). The van der Waals surface area contributed by atoms with E-state index in [2.05, 4.69) is 0 Å². The molecule has 0 unspecified atom stereocenters. The van der Waals surface area contributed by atoms with Gasteiger partial charge in [-0.1, -0.05) is 6.92 Å². The van der Waals surface area contributed by atoms with Gasteiger partial charge in [0.15, 0.2) is 0 Å². The molecular formula is C9H18O3. The van der Waals surface area contributed by atoms with E-state index >= 15 is 0 Å². The van der Waals surface area contributed by atoms with E-state index in [1.165, 1.54) is 0 Å². The van der Waals surface area contributed by atoms with E-state index < -0.39 is 0 Å². The number of rotatable bonds is 1. The van der Waals surface area contributed by atoms with E-state index in [0.717, 1.165) is 25.7 Å². The Labute approximate surface area is 73.7 Å². The number of cyclic esters (lactones) is 1. The molecule has 0 radical (unpaired) electrons. The first-order valence-corrected chi connectivity index (χ1v) is 4.57. The van der Waals surface area contributed by atoms with Gasteiger partial charge in [0.1, 0.15) is 0 Å². The second kappa shape index (κ2) is 8.53.